The molecule has 0 aliphatic heterocycles. The third kappa shape index (κ3) is 28.1. The zero-order chi connectivity index (χ0) is 40.0. The minimum absolute atomic E-state index is 0.0612. The molecule has 53 heavy (non-hydrogen) atoms. The van der Waals surface area contributed by atoms with Crippen molar-refractivity contribution in [3.05, 3.63) is 23.8 Å². The van der Waals surface area contributed by atoms with Gasteiger partial charge in [0.25, 0.3) is 10.1 Å². The molecular formula is C43H79NO8S. The van der Waals surface area contributed by atoms with Crippen LogP contribution in [0.15, 0.2) is 18.2 Å². The largest absolute Gasteiger partial charge is 0.423 e. The maximum Gasteiger partial charge on any atom is 0.311 e. The summed E-state index contributed by atoms with van der Waals surface area (Å²) in [5, 5.41) is 7.57. The first kappa shape index (κ1) is 51.0. The third-order valence-electron chi connectivity index (χ3n) is 9.32. The summed E-state index contributed by atoms with van der Waals surface area (Å²) in [6, 6.07) is 3.97. The van der Waals surface area contributed by atoms with Crippen molar-refractivity contribution in [1.82, 2.24) is 0 Å². The van der Waals surface area contributed by atoms with Gasteiger partial charge in [-0.2, -0.15) is 8.42 Å². The van der Waals surface area contributed by atoms with Crippen LogP contribution in [0.2, 0.25) is 0 Å². The smallest absolute Gasteiger partial charge is 0.311 e. The van der Waals surface area contributed by atoms with Crippen LogP contribution >= 0.6 is 0 Å². The Labute approximate surface area is 325 Å². The van der Waals surface area contributed by atoms with Crippen LogP contribution in [0.1, 0.15) is 207 Å². The lowest BCUT2D eigenvalue weighted by Crippen LogP contribution is -2.42. The molecule has 0 fully saturated rings. The standard InChI is InChI=1S/C41H73NO7S.C2H6O/c1-7-9-11-13-15-17-19-21-23-25-27-29-37(43)47-35-32-31-34(39(49-50(6,45)46)40(42)41(3,4)5)33-36(35)48-38(44)30-28-26-24-22-20-18-16-14-12-10-8-2;1-2-3/h31-33,39-40H,7-30,42H2,1-6H3;3H,2H2,1H3. The zero-order valence-corrected chi connectivity index (χ0v) is 35.7. The molecule has 0 aromatic heterocycles. The molecule has 2 unspecified atom stereocenters. The Kier molecular flexibility index (Phi) is 30.0. The molecule has 0 aliphatic carbocycles. The normalized spacial score (nSPS) is 12.8. The number of benzene rings is 1. The highest BCUT2D eigenvalue weighted by atomic mass is 32.2. The maximum absolute atomic E-state index is 13.0. The lowest BCUT2D eigenvalue weighted by atomic mass is 9.82. The van der Waals surface area contributed by atoms with Crippen molar-refractivity contribution in [2.24, 2.45) is 11.1 Å². The van der Waals surface area contributed by atoms with E-state index in [2.05, 4.69) is 13.8 Å². The van der Waals surface area contributed by atoms with E-state index in [9.17, 15) is 18.0 Å². The fourth-order valence-corrected chi connectivity index (χ4v) is 6.65. The van der Waals surface area contributed by atoms with Gasteiger partial charge in [-0.1, -0.05) is 169 Å². The van der Waals surface area contributed by atoms with Crippen LogP contribution in [0.25, 0.3) is 0 Å². The topological polar surface area (TPSA) is 142 Å². The lowest BCUT2D eigenvalue weighted by Gasteiger charge is -2.33. The van der Waals surface area contributed by atoms with E-state index in [0.29, 0.717) is 12.0 Å². The van der Waals surface area contributed by atoms with Gasteiger partial charge in [0, 0.05) is 25.5 Å². The maximum atomic E-state index is 13.0. The van der Waals surface area contributed by atoms with Crippen LogP contribution in [0, 0.1) is 5.41 Å². The molecule has 0 amide bonds. The lowest BCUT2D eigenvalue weighted by molar-refractivity contribution is -0.137. The fraction of sp³-hybridized carbons (Fsp3) is 0.814. The van der Waals surface area contributed by atoms with Crippen molar-refractivity contribution >= 4 is 22.1 Å². The van der Waals surface area contributed by atoms with Crippen molar-refractivity contribution in [3.63, 3.8) is 0 Å². The second-order valence-electron chi connectivity index (χ2n) is 15.7. The van der Waals surface area contributed by atoms with Gasteiger partial charge in [-0.3, -0.25) is 13.8 Å². The van der Waals surface area contributed by atoms with Crippen LogP contribution in [-0.2, 0) is 23.9 Å². The quantitative estimate of drug-likeness (QED) is 0.0338. The number of nitrogens with two attached hydrogens (primary N) is 1. The minimum atomic E-state index is -3.87. The summed E-state index contributed by atoms with van der Waals surface area (Å²) in [5.41, 5.74) is 6.42. The van der Waals surface area contributed by atoms with Gasteiger partial charge in [0.05, 0.1) is 6.26 Å². The van der Waals surface area contributed by atoms with E-state index >= 15 is 0 Å². The molecule has 1 rings (SSSR count). The molecule has 0 bridgehead atoms. The summed E-state index contributed by atoms with van der Waals surface area (Å²) >= 11 is 0. The highest BCUT2D eigenvalue weighted by Gasteiger charge is 2.34. The van der Waals surface area contributed by atoms with Crippen molar-refractivity contribution in [3.8, 4) is 11.5 Å². The molecule has 0 heterocycles. The first-order valence-corrected chi connectivity index (χ1v) is 22.8. The summed E-state index contributed by atoms with van der Waals surface area (Å²) in [7, 11) is -3.87. The highest BCUT2D eigenvalue weighted by molar-refractivity contribution is 7.86. The van der Waals surface area contributed by atoms with Crippen LogP contribution in [-0.4, -0.2) is 44.4 Å². The molecule has 9 nitrogen and oxygen atoms in total. The Morgan fingerprint density at radius 2 is 0.981 bits per heavy atom. The van der Waals surface area contributed by atoms with E-state index in [1.807, 2.05) is 20.8 Å². The zero-order valence-electron chi connectivity index (χ0n) is 34.9. The second kappa shape index (κ2) is 31.2. The van der Waals surface area contributed by atoms with E-state index < -0.39 is 39.6 Å². The molecule has 0 radical (unpaired) electrons. The number of aliphatic hydroxyl groups is 1. The number of unbranched alkanes of at least 4 members (excludes halogenated alkanes) is 20. The molecule has 2 atom stereocenters. The van der Waals surface area contributed by atoms with E-state index in [-0.39, 0.29) is 30.9 Å². The highest BCUT2D eigenvalue weighted by Crippen LogP contribution is 2.37. The summed E-state index contributed by atoms with van der Waals surface area (Å²) in [4.78, 5) is 25.8. The summed E-state index contributed by atoms with van der Waals surface area (Å²) in [6.45, 7) is 12.1. The van der Waals surface area contributed by atoms with Gasteiger partial charge in [0.2, 0.25) is 0 Å². The van der Waals surface area contributed by atoms with Crippen molar-refractivity contribution in [2.75, 3.05) is 12.9 Å². The number of rotatable bonds is 30. The van der Waals surface area contributed by atoms with Gasteiger partial charge in [0.1, 0.15) is 6.10 Å². The summed E-state index contributed by atoms with van der Waals surface area (Å²) < 4.78 is 41.4. The van der Waals surface area contributed by atoms with E-state index in [0.717, 1.165) is 38.4 Å². The summed E-state index contributed by atoms with van der Waals surface area (Å²) in [5.74, 6) is -0.643. The van der Waals surface area contributed by atoms with Crippen LogP contribution < -0.4 is 15.2 Å². The van der Waals surface area contributed by atoms with Crippen LogP contribution in [0.4, 0.5) is 0 Å². The Morgan fingerprint density at radius 1 is 0.642 bits per heavy atom. The van der Waals surface area contributed by atoms with Gasteiger partial charge in [-0.15, -0.1) is 0 Å². The molecule has 3 N–H and O–H groups in total. The first-order chi connectivity index (χ1) is 25.2. The molecule has 0 aliphatic rings. The molecule has 0 saturated heterocycles. The number of carbonyl (C=O) groups excluding carboxylic acids is 2. The van der Waals surface area contributed by atoms with Crippen molar-refractivity contribution in [1.29, 1.82) is 0 Å². The number of esters is 2. The second-order valence-corrected chi connectivity index (χ2v) is 17.3. The SMILES string of the molecule is CCCCCCCCCCCCCC(=O)Oc1ccc(C(OS(C)(=O)=O)C(N)C(C)(C)C)cc1OC(=O)CCCCCCCCCCCCC.CCO. The Hall–Kier alpha value is -2.01. The Morgan fingerprint density at radius 3 is 1.32 bits per heavy atom. The number of hydrogen-bond donors (Lipinski definition) is 2. The number of hydrogen-bond acceptors (Lipinski definition) is 9. The molecule has 1 aromatic carbocycles. The van der Waals surface area contributed by atoms with Crippen LogP contribution in [0.5, 0.6) is 11.5 Å². The van der Waals surface area contributed by atoms with Gasteiger partial charge in [0.15, 0.2) is 11.5 Å². The van der Waals surface area contributed by atoms with E-state index in [1.165, 1.54) is 115 Å². The first-order valence-electron chi connectivity index (χ1n) is 21.0. The van der Waals surface area contributed by atoms with Gasteiger partial charge >= 0.3 is 11.9 Å². The van der Waals surface area contributed by atoms with Crippen molar-refractivity contribution < 1.29 is 36.8 Å². The van der Waals surface area contributed by atoms with Gasteiger partial charge in [-0.25, -0.2) is 0 Å². The number of ether oxygens (including phenoxy) is 2. The van der Waals surface area contributed by atoms with E-state index in [1.54, 1.807) is 13.0 Å². The van der Waals surface area contributed by atoms with E-state index in [4.69, 9.17) is 24.5 Å². The predicted octanol–water partition coefficient (Wildman–Crippen LogP) is 11.3. The third-order valence-corrected chi connectivity index (χ3v) is 9.87. The molecule has 10 heteroatoms. The molecule has 1 aromatic rings. The molecule has 0 spiro atoms. The number of carbonyl (C=O) groups is 2. The predicted molar refractivity (Wildman–Crippen MR) is 219 cm³/mol. The van der Waals surface area contributed by atoms with Gasteiger partial charge < -0.3 is 20.3 Å². The molecule has 310 valence electrons. The Balaban J connectivity index is 0.00000869. The summed E-state index contributed by atoms with van der Waals surface area (Å²) in [6.07, 6.45) is 26.4. The van der Waals surface area contributed by atoms with Crippen LogP contribution in [0.3, 0.4) is 0 Å². The fourth-order valence-electron chi connectivity index (χ4n) is 6.05. The minimum Gasteiger partial charge on any atom is -0.423 e. The molecule has 0 saturated carbocycles. The average molecular weight is 770 g/mol. The molecular weight excluding hydrogens is 691 g/mol. The number of aliphatic hydroxyl groups excluding tert-OH is 1. The Bertz CT molecular complexity index is 1180. The van der Waals surface area contributed by atoms with Gasteiger partial charge in [-0.05, 0) is 42.9 Å². The van der Waals surface area contributed by atoms with Crippen molar-refractivity contribution in [2.45, 2.75) is 208 Å². The monoisotopic (exact) mass is 770 g/mol. The average Bonchev–Trinajstić information content (AvgIpc) is 3.08.